The average Bonchev–Trinajstić information content (AvgIpc) is 3.54. The fourth-order valence-electron chi connectivity index (χ4n) is 5.98. The average molecular weight is 472 g/mol. The van der Waals surface area contributed by atoms with E-state index in [1.54, 1.807) is 0 Å². The highest BCUT2D eigenvalue weighted by molar-refractivity contribution is 7.75. The maximum atomic E-state index is 15.5. The molecule has 0 N–H and O–H groups in total. The summed E-state index contributed by atoms with van der Waals surface area (Å²) in [6.45, 7) is 8.09. The van der Waals surface area contributed by atoms with E-state index >= 15 is 4.57 Å². The first-order chi connectivity index (χ1) is 16.3. The topological polar surface area (TPSA) is 53.7 Å². The molecule has 1 saturated heterocycles. The summed E-state index contributed by atoms with van der Waals surface area (Å²) in [4.78, 5) is 7.16. The largest absolute Gasteiger partial charge is 0.346 e. The van der Waals surface area contributed by atoms with Crippen LogP contribution in [0.4, 0.5) is 11.5 Å². The molecule has 0 amide bonds. The van der Waals surface area contributed by atoms with Gasteiger partial charge in [0, 0.05) is 43.2 Å². The van der Waals surface area contributed by atoms with Crippen LogP contribution in [0.2, 0.25) is 0 Å². The zero-order valence-electron chi connectivity index (χ0n) is 20.2. The van der Waals surface area contributed by atoms with Crippen LogP contribution in [0.5, 0.6) is 0 Å². The molecule has 0 saturated carbocycles. The third-order valence-electron chi connectivity index (χ3n) is 7.53. The molecular weight excluding hydrogens is 441 g/mol. The predicted molar refractivity (Wildman–Crippen MR) is 139 cm³/mol. The molecule has 3 aromatic rings. The second-order valence-electron chi connectivity index (χ2n) is 9.93. The van der Waals surface area contributed by atoms with Gasteiger partial charge in [-0.25, -0.2) is 14.3 Å². The van der Waals surface area contributed by atoms with Crippen molar-refractivity contribution in [2.45, 2.75) is 39.0 Å². The summed E-state index contributed by atoms with van der Waals surface area (Å²) in [6.07, 6.45) is 4.00. The molecule has 0 radical (unpaired) electrons. The van der Waals surface area contributed by atoms with E-state index in [1.807, 2.05) is 48.2 Å². The second-order valence-corrected chi connectivity index (χ2v) is 12.6. The lowest BCUT2D eigenvalue weighted by Crippen LogP contribution is -2.33. The molecule has 1 fully saturated rings. The molecule has 6 nitrogen and oxygen atoms in total. The van der Waals surface area contributed by atoms with Gasteiger partial charge in [-0.05, 0) is 43.5 Å². The van der Waals surface area contributed by atoms with Crippen molar-refractivity contribution in [2.75, 3.05) is 25.0 Å². The number of benzene rings is 2. The molecule has 174 valence electrons. The molecule has 34 heavy (non-hydrogen) atoms. The zero-order valence-corrected chi connectivity index (χ0v) is 21.1. The van der Waals surface area contributed by atoms with Gasteiger partial charge < -0.3 is 4.90 Å². The summed E-state index contributed by atoms with van der Waals surface area (Å²) in [5.41, 5.74) is 4.93. The highest BCUT2D eigenvalue weighted by atomic mass is 31.2. The highest BCUT2D eigenvalue weighted by Gasteiger charge is 2.50. The predicted octanol–water partition coefficient (Wildman–Crippen LogP) is 5.54. The van der Waals surface area contributed by atoms with Crippen molar-refractivity contribution in [3.63, 3.8) is 0 Å². The molecule has 2 aromatic carbocycles. The Kier molecular flexibility index (Phi) is 4.78. The number of hydrogen-bond acceptors (Lipinski definition) is 4. The van der Waals surface area contributed by atoms with Gasteiger partial charge in [0.1, 0.15) is 0 Å². The Bertz CT molecular complexity index is 1400. The summed E-state index contributed by atoms with van der Waals surface area (Å²) in [5, 5.41) is 6.50. The lowest BCUT2D eigenvalue weighted by atomic mass is 9.84. The van der Waals surface area contributed by atoms with E-state index in [0.717, 1.165) is 53.6 Å². The molecule has 1 atom stereocenters. The van der Waals surface area contributed by atoms with Crippen LogP contribution in [-0.2, 0) is 9.98 Å². The van der Waals surface area contributed by atoms with E-state index in [2.05, 4.69) is 54.7 Å². The number of para-hydroxylation sites is 2. The van der Waals surface area contributed by atoms with E-state index < -0.39 is 7.29 Å². The van der Waals surface area contributed by atoms with Crippen LogP contribution in [0, 0.1) is 6.92 Å². The van der Waals surface area contributed by atoms with Crippen molar-refractivity contribution >= 4 is 30.3 Å². The number of anilines is 1. The van der Waals surface area contributed by atoms with Crippen LogP contribution >= 0.6 is 7.29 Å². The first-order valence-electron chi connectivity index (χ1n) is 12.0. The van der Waals surface area contributed by atoms with Gasteiger partial charge in [0.15, 0.2) is 5.82 Å². The van der Waals surface area contributed by atoms with Gasteiger partial charge in [0.05, 0.1) is 22.0 Å². The number of rotatable bonds is 2. The molecule has 0 bridgehead atoms. The fraction of sp³-hybridized carbons (Fsp3) is 0.333. The second kappa shape index (κ2) is 7.53. The molecule has 7 heteroatoms. The molecule has 3 aliphatic heterocycles. The minimum atomic E-state index is -3.15. The van der Waals surface area contributed by atoms with Crippen molar-refractivity contribution in [3.05, 3.63) is 76.9 Å². The van der Waals surface area contributed by atoms with Crippen LogP contribution in [0.15, 0.2) is 70.6 Å². The van der Waals surface area contributed by atoms with E-state index in [1.165, 1.54) is 11.3 Å². The van der Waals surface area contributed by atoms with Gasteiger partial charge in [-0.2, -0.15) is 5.10 Å². The lowest BCUT2D eigenvalue weighted by molar-refractivity contribution is 0.488. The van der Waals surface area contributed by atoms with Gasteiger partial charge in [-0.3, -0.25) is 4.57 Å². The van der Waals surface area contributed by atoms with Crippen molar-refractivity contribution in [3.8, 4) is 5.69 Å². The first kappa shape index (κ1) is 21.6. The standard InChI is InChI=1S/C27H30N5OP/c1-19-24-26(32(29-19)20-12-6-5-7-13-20)28-18-23(34(24,33)31-16-10-11-17-31)25-27(2,3)21-14-8-9-15-22(21)30(25)4/h5-9,12-15,18H,10-11,16-17H2,1-4H3/b25-23+/t34-/m0/s1. The Morgan fingerprint density at radius 3 is 2.35 bits per heavy atom. The minimum absolute atomic E-state index is 0.289. The molecule has 4 heterocycles. The molecule has 6 rings (SSSR count). The molecule has 0 aliphatic carbocycles. The van der Waals surface area contributed by atoms with Gasteiger partial charge in [-0.15, -0.1) is 0 Å². The van der Waals surface area contributed by atoms with E-state index in [-0.39, 0.29) is 5.41 Å². The third kappa shape index (κ3) is 2.82. The number of nitrogens with zero attached hydrogens (tertiary/aromatic N) is 5. The minimum Gasteiger partial charge on any atom is -0.346 e. The number of hydrogen-bond donors (Lipinski definition) is 0. The molecule has 1 aromatic heterocycles. The summed E-state index contributed by atoms with van der Waals surface area (Å²) >= 11 is 0. The summed E-state index contributed by atoms with van der Waals surface area (Å²) in [7, 11) is -1.06. The van der Waals surface area contributed by atoms with E-state index in [9.17, 15) is 0 Å². The molecule has 0 unspecified atom stereocenters. The number of allylic oxidation sites excluding steroid dienone is 2. The Morgan fingerprint density at radius 1 is 0.971 bits per heavy atom. The fourth-order valence-corrected chi connectivity index (χ4v) is 9.49. The van der Waals surface area contributed by atoms with Crippen LogP contribution in [0.25, 0.3) is 5.69 Å². The summed E-state index contributed by atoms with van der Waals surface area (Å²) in [6, 6.07) is 18.5. The maximum Gasteiger partial charge on any atom is 0.216 e. The van der Waals surface area contributed by atoms with Crippen LogP contribution in [0.1, 0.15) is 37.9 Å². The van der Waals surface area contributed by atoms with Crippen LogP contribution < -0.4 is 10.2 Å². The smallest absolute Gasteiger partial charge is 0.216 e. The molecule has 3 aliphatic rings. The Morgan fingerprint density at radius 2 is 1.65 bits per heavy atom. The van der Waals surface area contributed by atoms with Gasteiger partial charge in [0.25, 0.3) is 0 Å². The number of aryl methyl sites for hydroxylation is 1. The van der Waals surface area contributed by atoms with Gasteiger partial charge in [0.2, 0.25) is 7.29 Å². The Labute approximate surface area is 201 Å². The van der Waals surface area contributed by atoms with E-state index in [0.29, 0.717) is 5.82 Å². The quantitative estimate of drug-likeness (QED) is 0.461. The zero-order chi connectivity index (χ0) is 23.7. The highest BCUT2D eigenvalue weighted by Crippen LogP contribution is 2.64. The number of fused-ring (bicyclic) bond motifs is 2. The van der Waals surface area contributed by atoms with Crippen molar-refractivity contribution in [1.29, 1.82) is 0 Å². The number of aromatic nitrogens is 2. The Balaban J connectivity index is 1.64. The van der Waals surface area contributed by atoms with Crippen LogP contribution in [0.3, 0.4) is 0 Å². The monoisotopic (exact) mass is 471 g/mol. The van der Waals surface area contributed by atoms with Crippen LogP contribution in [-0.4, -0.2) is 40.8 Å². The molecule has 0 spiro atoms. The van der Waals surface area contributed by atoms with Gasteiger partial charge >= 0.3 is 0 Å². The van der Waals surface area contributed by atoms with Crippen molar-refractivity contribution in [2.24, 2.45) is 4.99 Å². The number of likely N-dealkylation sites (N-methyl/N-ethyl adjacent to an activating group) is 1. The Hall–Kier alpha value is -2.95. The van der Waals surface area contributed by atoms with E-state index in [4.69, 9.17) is 10.1 Å². The number of aliphatic imine (C=N–C) groups is 1. The maximum absolute atomic E-state index is 15.5. The first-order valence-corrected chi connectivity index (χ1v) is 13.6. The summed E-state index contributed by atoms with van der Waals surface area (Å²) < 4.78 is 19.6. The van der Waals surface area contributed by atoms with Crippen molar-refractivity contribution < 1.29 is 4.57 Å². The third-order valence-corrected chi connectivity index (χ3v) is 10.8. The normalized spacial score (nSPS) is 25.6. The SMILES string of the molecule is Cc1nn(-c2ccccc2)c2c1[P@](=O)(N1CCCC1)/C(=C1/N(C)c3ccccc3C1(C)C)C=N2. The lowest BCUT2D eigenvalue weighted by Gasteiger charge is -2.36. The summed E-state index contributed by atoms with van der Waals surface area (Å²) in [5.74, 6) is 0.694. The van der Waals surface area contributed by atoms with Crippen molar-refractivity contribution in [1.82, 2.24) is 14.5 Å². The van der Waals surface area contributed by atoms with Gasteiger partial charge in [-0.1, -0.05) is 50.2 Å². The molecular formula is C27H30N5OP.